The molecule has 2 N–H and O–H groups in total. The third kappa shape index (κ3) is 3.07. The van der Waals surface area contributed by atoms with E-state index in [0.29, 0.717) is 6.42 Å². The summed E-state index contributed by atoms with van der Waals surface area (Å²) in [4.78, 5) is 26.7. The van der Waals surface area contributed by atoms with Crippen LogP contribution in [0.1, 0.15) is 26.3 Å². The van der Waals surface area contributed by atoms with Crippen LogP contribution in [0.2, 0.25) is 0 Å². The molecule has 1 aromatic heterocycles. The van der Waals surface area contributed by atoms with E-state index in [9.17, 15) is 9.59 Å². The fourth-order valence-electron chi connectivity index (χ4n) is 2.39. The van der Waals surface area contributed by atoms with Gasteiger partial charge in [0, 0.05) is 36.4 Å². The molecule has 1 amide bonds. The number of hydrogen-bond acceptors (Lipinski definition) is 2. The van der Waals surface area contributed by atoms with Crippen molar-refractivity contribution >= 4 is 22.6 Å². The van der Waals surface area contributed by atoms with Gasteiger partial charge in [-0.1, -0.05) is 32.0 Å². The van der Waals surface area contributed by atoms with Crippen molar-refractivity contribution in [3.05, 3.63) is 36.0 Å². The Bertz CT molecular complexity index is 628. The molecule has 106 valence electrons. The average molecular weight is 272 g/mol. The fraction of sp³-hybridized carbons (Fsp3) is 0.375. The van der Waals surface area contributed by atoms with Gasteiger partial charge in [0.25, 0.3) is 0 Å². The maximum Gasteiger partial charge on any atom is 0.217 e. The van der Waals surface area contributed by atoms with Crippen LogP contribution in [0.15, 0.2) is 30.5 Å². The third-order valence-electron chi connectivity index (χ3n) is 3.39. The zero-order valence-electron chi connectivity index (χ0n) is 12.1. The van der Waals surface area contributed by atoms with Gasteiger partial charge in [0.1, 0.15) is 0 Å². The van der Waals surface area contributed by atoms with Crippen LogP contribution in [0.25, 0.3) is 10.9 Å². The minimum atomic E-state index is -0.466. The van der Waals surface area contributed by atoms with Crippen LogP contribution in [-0.2, 0) is 16.0 Å². The van der Waals surface area contributed by atoms with E-state index in [4.69, 9.17) is 0 Å². The van der Waals surface area contributed by atoms with Gasteiger partial charge < -0.3 is 10.3 Å². The van der Waals surface area contributed by atoms with Crippen molar-refractivity contribution in [3.8, 4) is 0 Å². The Kier molecular flexibility index (Phi) is 4.23. The van der Waals surface area contributed by atoms with Crippen LogP contribution in [-0.4, -0.2) is 22.7 Å². The van der Waals surface area contributed by atoms with Gasteiger partial charge in [0.2, 0.25) is 5.91 Å². The molecular formula is C16H20N2O2. The van der Waals surface area contributed by atoms with E-state index >= 15 is 0 Å². The summed E-state index contributed by atoms with van der Waals surface area (Å²) in [6.07, 6.45) is 2.42. The van der Waals surface area contributed by atoms with Gasteiger partial charge in [0.05, 0.1) is 6.04 Å². The summed E-state index contributed by atoms with van der Waals surface area (Å²) < 4.78 is 0. The minimum absolute atomic E-state index is 0.0606. The smallest absolute Gasteiger partial charge is 0.217 e. The Hall–Kier alpha value is -2.10. The van der Waals surface area contributed by atoms with E-state index < -0.39 is 6.04 Å². The van der Waals surface area contributed by atoms with Gasteiger partial charge in [-0.3, -0.25) is 9.59 Å². The van der Waals surface area contributed by atoms with Gasteiger partial charge in [0.15, 0.2) is 5.78 Å². The number of ketones is 1. The van der Waals surface area contributed by atoms with Gasteiger partial charge in [-0.15, -0.1) is 0 Å². The lowest BCUT2D eigenvalue weighted by atomic mass is 9.95. The van der Waals surface area contributed by atoms with E-state index in [1.165, 1.54) is 6.92 Å². The Morgan fingerprint density at radius 2 is 1.95 bits per heavy atom. The number of amides is 1. The molecule has 0 spiro atoms. The zero-order chi connectivity index (χ0) is 14.7. The standard InChI is InChI=1S/C16H20N2O2/c1-10(2)16(20)15(18-11(3)19)8-12-9-17-14-7-5-4-6-13(12)14/h4-7,9-10,15,17H,8H2,1-3H3,(H,18,19). The fourth-order valence-corrected chi connectivity index (χ4v) is 2.39. The lowest BCUT2D eigenvalue weighted by Crippen LogP contribution is -2.43. The van der Waals surface area contributed by atoms with E-state index in [0.717, 1.165) is 16.5 Å². The Balaban J connectivity index is 2.27. The maximum absolute atomic E-state index is 12.2. The number of benzene rings is 1. The molecule has 2 aromatic rings. The largest absolute Gasteiger partial charge is 0.361 e. The SMILES string of the molecule is CC(=O)NC(Cc1c[nH]c2ccccc12)C(=O)C(C)C. The number of para-hydroxylation sites is 1. The molecule has 1 aromatic carbocycles. The molecule has 1 unspecified atom stereocenters. The molecular weight excluding hydrogens is 252 g/mol. The summed E-state index contributed by atoms with van der Waals surface area (Å²) in [6.45, 7) is 5.15. The number of H-pyrrole nitrogens is 1. The van der Waals surface area contributed by atoms with Crippen LogP contribution < -0.4 is 5.32 Å². The summed E-state index contributed by atoms with van der Waals surface area (Å²) in [6, 6.07) is 7.49. The van der Waals surface area contributed by atoms with Crippen molar-refractivity contribution in [3.63, 3.8) is 0 Å². The summed E-state index contributed by atoms with van der Waals surface area (Å²) in [5.41, 5.74) is 2.09. The van der Waals surface area contributed by atoms with Crippen molar-refractivity contribution in [2.75, 3.05) is 0 Å². The zero-order valence-corrected chi connectivity index (χ0v) is 12.1. The molecule has 0 saturated heterocycles. The number of aromatic nitrogens is 1. The number of carbonyl (C=O) groups is 2. The molecule has 0 fully saturated rings. The number of fused-ring (bicyclic) bond motifs is 1. The first-order chi connectivity index (χ1) is 9.49. The number of carbonyl (C=O) groups excluding carboxylic acids is 2. The van der Waals surface area contributed by atoms with E-state index in [1.807, 2.05) is 44.3 Å². The molecule has 0 radical (unpaired) electrons. The van der Waals surface area contributed by atoms with Crippen LogP contribution in [0, 0.1) is 5.92 Å². The molecule has 2 rings (SSSR count). The van der Waals surface area contributed by atoms with Gasteiger partial charge >= 0.3 is 0 Å². The molecule has 4 nitrogen and oxygen atoms in total. The first kappa shape index (κ1) is 14.3. The van der Waals surface area contributed by atoms with Crippen molar-refractivity contribution in [2.24, 2.45) is 5.92 Å². The van der Waals surface area contributed by atoms with Gasteiger partial charge in [-0.2, -0.15) is 0 Å². The Morgan fingerprint density at radius 3 is 2.60 bits per heavy atom. The first-order valence-electron chi connectivity index (χ1n) is 6.85. The topological polar surface area (TPSA) is 62.0 Å². The van der Waals surface area contributed by atoms with E-state index in [1.54, 1.807) is 0 Å². The lowest BCUT2D eigenvalue weighted by molar-refractivity contribution is -0.128. The molecule has 0 aliphatic heterocycles. The second kappa shape index (κ2) is 5.90. The van der Waals surface area contributed by atoms with Gasteiger partial charge in [-0.25, -0.2) is 0 Å². The molecule has 1 atom stereocenters. The summed E-state index contributed by atoms with van der Waals surface area (Å²) in [5.74, 6) is -0.216. The van der Waals surface area contributed by atoms with E-state index in [2.05, 4.69) is 10.3 Å². The Labute approximate surface area is 118 Å². The number of Topliss-reactive ketones (excluding diaryl/α,β-unsaturated/α-hetero) is 1. The second-order valence-corrected chi connectivity index (χ2v) is 5.37. The quantitative estimate of drug-likeness (QED) is 0.878. The predicted molar refractivity (Wildman–Crippen MR) is 79.5 cm³/mol. The summed E-state index contributed by atoms with van der Waals surface area (Å²) in [5, 5.41) is 3.86. The lowest BCUT2D eigenvalue weighted by Gasteiger charge is -2.18. The average Bonchev–Trinajstić information content (AvgIpc) is 2.80. The molecule has 0 saturated carbocycles. The molecule has 0 aliphatic carbocycles. The molecule has 20 heavy (non-hydrogen) atoms. The molecule has 1 heterocycles. The van der Waals surface area contributed by atoms with Crippen molar-refractivity contribution < 1.29 is 9.59 Å². The van der Waals surface area contributed by atoms with Crippen LogP contribution in [0.3, 0.4) is 0 Å². The number of rotatable bonds is 5. The highest BCUT2D eigenvalue weighted by molar-refractivity contribution is 5.91. The monoisotopic (exact) mass is 272 g/mol. The van der Waals surface area contributed by atoms with Crippen molar-refractivity contribution in [1.29, 1.82) is 0 Å². The molecule has 0 aliphatic rings. The maximum atomic E-state index is 12.2. The molecule has 0 bridgehead atoms. The van der Waals surface area contributed by atoms with Gasteiger partial charge in [-0.05, 0) is 11.6 Å². The molecule has 4 heteroatoms. The number of hydrogen-bond donors (Lipinski definition) is 2. The summed E-state index contributed by atoms with van der Waals surface area (Å²) in [7, 11) is 0. The second-order valence-electron chi connectivity index (χ2n) is 5.37. The highest BCUT2D eigenvalue weighted by atomic mass is 16.2. The van der Waals surface area contributed by atoms with Crippen LogP contribution in [0.4, 0.5) is 0 Å². The Morgan fingerprint density at radius 1 is 1.25 bits per heavy atom. The van der Waals surface area contributed by atoms with Crippen LogP contribution >= 0.6 is 0 Å². The normalized spacial score (nSPS) is 12.6. The first-order valence-corrected chi connectivity index (χ1v) is 6.85. The van der Waals surface area contributed by atoms with Crippen molar-refractivity contribution in [1.82, 2.24) is 10.3 Å². The minimum Gasteiger partial charge on any atom is -0.361 e. The highest BCUT2D eigenvalue weighted by Gasteiger charge is 2.23. The predicted octanol–water partition coefficient (Wildman–Crippen LogP) is 2.44. The van der Waals surface area contributed by atoms with Crippen molar-refractivity contribution in [2.45, 2.75) is 33.2 Å². The summed E-state index contributed by atoms with van der Waals surface area (Å²) >= 11 is 0. The van der Waals surface area contributed by atoms with Crippen LogP contribution in [0.5, 0.6) is 0 Å². The number of aromatic amines is 1. The number of nitrogens with one attached hydrogen (secondary N) is 2. The van der Waals surface area contributed by atoms with E-state index in [-0.39, 0.29) is 17.6 Å². The highest BCUT2D eigenvalue weighted by Crippen LogP contribution is 2.20. The third-order valence-corrected chi connectivity index (χ3v) is 3.39.